The van der Waals surface area contributed by atoms with Crippen molar-refractivity contribution in [2.75, 3.05) is 18.0 Å². The highest BCUT2D eigenvalue weighted by Crippen LogP contribution is 2.35. The molecule has 2 aromatic carbocycles. The molecule has 0 spiro atoms. The summed E-state index contributed by atoms with van der Waals surface area (Å²) in [6.07, 6.45) is 8.58. The molecule has 0 bridgehead atoms. The number of thioether (sulfide) groups is 1. The number of fused-ring (bicyclic) bond motifs is 3. The van der Waals surface area contributed by atoms with Crippen LogP contribution in [0.3, 0.4) is 0 Å². The van der Waals surface area contributed by atoms with E-state index in [9.17, 15) is 36.7 Å². The van der Waals surface area contributed by atoms with Gasteiger partial charge in [0, 0.05) is 49.7 Å². The Morgan fingerprint density at radius 3 is 2.41 bits per heavy atom. The van der Waals surface area contributed by atoms with Crippen LogP contribution in [0.5, 0.6) is 5.75 Å². The Kier molecular flexibility index (Phi) is 12.5. The number of imide groups is 1. The second-order valence-corrected chi connectivity index (χ2v) is 15.3. The quantitative estimate of drug-likeness (QED) is 0.0307. The summed E-state index contributed by atoms with van der Waals surface area (Å²) in [4.78, 5) is 61.7. The van der Waals surface area contributed by atoms with E-state index in [4.69, 9.17) is 10.7 Å². The maximum atomic E-state index is 13.9. The molecule has 10 nitrogen and oxygen atoms in total. The van der Waals surface area contributed by atoms with Crippen molar-refractivity contribution in [1.29, 1.82) is 0 Å². The number of hydrogen-bond donors (Lipinski definition) is 1. The summed E-state index contributed by atoms with van der Waals surface area (Å²) in [7, 11) is 0. The number of unbranched alkanes of at least 4 members (excludes halogenated alkanes) is 3. The maximum absolute atomic E-state index is 13.9. The molecule has 1 saturated heterocycles. The number of likely N-dealkylation sites (tertiary alicyclic amines) is 1. The Morgan fingerprint density at radius 2 is 1.69 bits per heavy atom. The number of nitrogens with zero attached hydrogens (tertiary/aromatic N) is 4. The number of amides is 2. The molecule has 6 rings (SSSR count). The molecular formula is C39H43F4N5O5S. The number of benzene rings is 2. The van der Waals surface area contributed by atoms with E-state index in [1.165, 1.54) is 4.90 Å². The van der Waals surface area contributed by atoms with Crippen LogP contribution in [0.1, 0.15) is 83.4 Å². The Morgan fingerprint density at radius 1 is 0.963 bits per heavy atom. The Balaban J connectivity index is 0.931. The Bertz CT molecular complexity index is 2040. The lowest BCUT2D eigenvalue weighted by molar-refractivity contribution is -0.139. The molecule has 2 N–H and O–H groups in total. The fourth-order valence-electron chi connectivity index (χ4n) is 7.47. The standard InChI is InChI=1S/C39H43F4N5O5S/c1-2-3-12-30-46-35-36(24-9-6-7-10-27(24)45-38(35)44)47(30)17-8-4-5-11-28(49)23-15-13-22(14-16-23)20-48-31(50)19-29(39(48)52)54-21-32(51)53-37-33(42)25(40)18-26(41)34(37)43/h6-7,9-10,18,22-23,29H,2-5,8,11-17,19-21H2,1H3,(H2,44,45). The molecule has 3 heterocycles. The molecule has 2 amide bonds. The molecule has 2 aromatic heterocycles. The van der Waals surface area contributed by atoms with E-state index in [1.807, 2.05) is 18.2 Å². The second-order valence-electron chi connectivity index (χ2n) is 14.1. The summed E-state index contributed by atoms with van der Waals surface area (Å²) in [5.74, 6) is -9.69. The monoisotopic (exact) mass is 769 g/mol. The van der Waals surface area contributed by atoms with Gasteiger partial charge in [-0.1, -0.05) is 38.0 Å². The van der Waals surface area contributed by atoms with Gasteiger partial charge in [-0.15, -0.1) is 11.8 Å². The molecule has 4 aromatic rings. The van der Waals surface area contributed by atoms with Gasteiger partial charge in [0.15, 0.2) is 17.5 Å². The molecule has 1 unspecified atom stereocenters. The minimum Gasteiger partial charge on any atom is -0.419 e. The zero-order valence-corrected chi connectivity index (χ0v) is 30.9. The number of imidazole rings is 1. The topological polar surface area (TPSA) is 137 Å². The van der Waals surface area contributed by atoms with Crippen LogP contribution in [0.15, 0.2) is 30.3 Å². The van der Waals surface area contributed by atoms with E-state index in [-0.39, 0.29) is 36.7 Å². The third-order valence-electron chi connectivity index (χ3n) is 10.4. The highest BCUT2D eigenvalue weighted by Gasteiger charge is 2.41. The van der Waals surface area contributed by atoms with Crippen LogP contribution >= 0.6 is 11.8 Å². The van der Waals surface area contributed by atoms with Crippen molar-refractivity contribution in [3.05, 3.63) is 59.4 Å². The number of nitrogens with two attached hydrogens (primary N) is 1. The Labute approximate surface area is 314 Å². The zero-order valence-electron chi connectivity index (χ0n) is 30.1. The van der Waals surface area contributed by atoms with Crippen molar-refractivity contribution in [3.8, 4) is 5.75 Å². The number of nitrogen functional groups attached to an aromatic ring is 1. The SMILES string of the molecule is CCCCc1nc2c(N)nc3ccccc3c2n1CCCCCC(=O)C1CCC(CN2C(=O)CC(SCC(=O)Oc3c(F)c(F)cc(F)c3F)C2=O)CC1. The highest BCUT2D eigenvalue weighted by molar-refractivity contribution is 8.01. The molecule has 15 heteroatoms. The van der Waals surface area contributed by atoms with E-state index < -0.39 is 57.8 Å². The van der Waals surface area contributed by atoms with Gasteiger partial charge < -0.3 is 15.0 Å². The van der Waals surface area contributed by atoms with Crippen molar-refractivity contribution in [2.45, 2.75) is 95.8 Å². The van der Waals surface area contributed by atoms with Crippen LogP contribution in [-0.2, 0) is 32.1 Å². The lowest BCUT2D eigenvalue weighted by Crippen LogP contribution is -2.37. The largest absolute Gasteiger partial charge is 0.419 e. The highest BCUT2D eigenvalue weighted by atomic mass is 32.2. The van der Waals surface area contributed by atoms with Crippen molar-refractivity contribution in [1.82, 2.24) is 19.4 Å². The number of carbonyl (C=O) groups is 4. The molecule has 1 aliphatic heterocycles. The van der Waals surface area contributed by atoms with Crippen LogP contribution in [0.2, 0.25) is 0 Å². The van der Waals surface area contributed by atoms with Gasteiger partial charge >= 0.3 is 5.97 Å². The third-order valence-corrected chi connectivity index (χ3v) is 11.6. The van der Waals surface area contributed by atoms with Gasteiger partial charge in [0.05, 0.1) is 22.0 Å². The van der Waals surface area contributed by atoms with E-state index >= 15 is 0 Å². The van der Waals surface area contributed by atoms with Crippen LogP contribution in [0, 0.1) is 35.1 Å². The number of ether oxygens (including phenoxy) is 1. The van der Waals surface area contributed by atoms with Crippen molar-refractivity contribution >= 4 is 63.1 Å². The van der Waals surface area contributed by atoms with Crippen LogP contribution < -0.4 is 10.5 Å². The van der Waals surface area contributed by atoms with E-state index in [0.29, 0.717) is 37.9 Å². The smallest absolute Gasteiger partial charge is 0.321 e. The fourth-order valence-corrected chi connectivity index (χ4v) is 8.40. The second kappa shape index (κ2) is 17.3. The number of Topliss-reactive ketones (excluding diaryl/α,β-unsaturated/α-hetero) is 1. The van der Waals surface area contributed by atoms with Gasteiger partial charge in [-0.25, -0.2) is 18.7 Å². The first kappa shape index (κ1) is 39.2. The predicted molar refractivity (Wildman–Crippen MR) is 196 cm³/mol. The van der Waals surface area contributed by atoms with E-state index in [2.05, 4.69) is 27.3 Å². The normalized spacial score (nSPS) is 19.0. The third kappa shape index (κ3) is 8.55. The van der Waals surface area contributed by atoms with Gasteiger partial charge in [-0.3, -0.25) is 24.1 Å². The number of aryl methyl sites for hydroxylation is 2. The summed E-state index contributed by atoms with van der Waals surface area (Å²) in [5, 5.41) is 0.116. The zero-order chi connectivity index (χ0) is 38.5. The van der Waals surface area contributed by atoms with E-state index in [1.54, 1.807) is 0 Å². The summed E-state index contributed by atoms with van der Waals surface area (Å²) >= 11 is 0.753. The van der Waals surface area contributed by atoms with Crippen molar-refractivity contribution in [2.24, 2.45) is 11.8 Å². The number of rotatable bonds is 16. The summed E-state index contributed by atoms with van der Waals surface area (Å²) in [6.45, 7) is 3.13. The average Bonchev–Trinajstić information content (AvgIpc) is 3.66. The van der Waals surface area contributed by atoms with Gasteiger partial charge in [-0.2, -0.15) is 8.78 Å². The number of carbonyl (C=O) groups excluding carboxylic acids is 4. The van der Waals surface area contributed by atoms with Gasteiger partial charge in [0.2, 0.25) is 29.2 Å². The maximum Gasteiger partial charge on any atom is 0.321 e. The van der Waals surface area contributed by atoms with Crippen LogP contribution in [0.25, 0.3) is 21.9 Å². The number of halogens is 4. The minimum absolute atomic E-state index is 0.00710. The molecule has 2 fully saturated rings. The first-order chi connectivity index (χ1) is 26.0. The Hall–Kier alpha value is -4.53. The first-order valence-electron chi connectivity index (χ1n) is 18.5. The predicted octanol–water partition coefficient (Wildman–Crippen LogP) is 7.47. The number of aromatic nitrogens is 3. The summed E-state index contributed by atoms with van der Waals surface area (Å²) in [5.41, 5.74) is 8.92. The number of ketones is 1. The van der Waals surface area contributed by atoms with Crippen molar-refractivity contribution < 1.29 is 41.5 Å². The van der Waals surface area contributed by atoms with Crippen LogP contribution in [-0.4, -0.2) is 60.5 Å². The molecule has 1 atom stereocenters. The number of para-hydroxylation sites is 1. The molecule has 1 saturated carbocycles. The van der Waals surface area contributed by atoms with Gasteiger partial charge in [-0.05, 0) is 56.9 Å². The first-order valence-corrected chi connectivity index (χ1v) is 19.6. The van der Waals surface area contributed by atoms with Crippen LogP contribution in [0.4, 0.5) is 23.4 Å². The molecular weight excluding hydrogens is 727 g/mol. The molecule has 2 aliphatic rings. The minimum atomic E-state index is -1.85. The molecule has 288 valence electrons. The van der Waals surface area contributed by atoms with Gasteiger partial charge in [0.25, 0.3) is 0 Å². The molecule has 54 heavy (non-hydrogen) atoms. The van der Waals surface area contributed by atoms with Crippen molar-refractivity contribution in [3.63, 3.8) is 0 Å². The lowest BCUT2D eigenvalue weighted by Gasteiger charge is -2.30. The number of pyridine rings is 1. The average molecular weight is 770 g/mol. The fraction of sp³-hybridized carbons (Fsp3) is 0.487. The molecule has 1 aliphatic carbocycles. The number of esters is 1. The summed E-state index contributed by atoms with van der Waals surface area (Å²) < 4.78 is 61.4. The lowest BCUT2D eigenvalue weighted by atomic mass is 9.79. The summed E-state index contributed by atoms with van der Waals surface area (Å²) in [6, 6.07) is 7.94. The molecule has 0 radical (unpaired) electrons. The number of hydrogen-bond acceptors (Lipinski definition) is 9. The van der Waals surface area contributed by atoms with E-state index in [0.717, 1.165) is 84.6 Å². The number of anilines is 1. The van der Waals surface area contributed by atoms with Gasteiger partial charge in [0.1, 0.15) is 17.1 Å².